The van der Waals surface area contributed by atoms with Crippen LogP contribution in [0.1, 0.15) is 35.2 Å². The summed E-state index contributed by atoms with van der Waals surface area (Å²) in [5, 5.41) is 15.0. The number of nitrogens with zero attached hydrogens (tertiary/aromatic N) is 2. The van der Waals surface area contributed by atoms with Gasteiger partial charge in [0.25, 0.3) is 0 Å². The molecule has 11 heteroatoms. The fourth-order valence-electron chi connectivity index (χ4n) is 4.86. The van der Waals surface area contributed by atoms with E-state index in [9.17, 15) is 18.0 Å². The Balaban J connectivity index is 0.000000448. The van der Waals surface area contributed by atoms with Crippen LogP contribution in [0.2, 0.25) is 0 Å². The summed E-state index contributed by atoms with van der Waals surface area (Å²) in [6.07, 6.45) is -1.65. The number of rotatable bonds is 6. The van der Waals surface area contributed by atoms with Crippen molar-refractivity contribution in [1.82, 2.24) is 15.1 Å². The summed E-state index contributed by atoms with van der Waals surface area (Å²) in [6.45, 7) is 2.01. The zero-order valence-corrected chi connectivity index (χ0v) is 21.7. The van der Waals surface area contributed by atoms with Crippen molar-refractivity contribution >= 4 is 11.9 Å². The Morgan fingerprint density at radius 1 is 1.08 bits per heavy atom. The van der Waals surface area contributed by atoms with Crippen molar-refractivity contribution in [3.8, 4) is 17.0 Å². The molecule has 1 saturated carbocycles. The van der Waals surface area contributed by atoms with Gasteiger partial charge in [0.1, 0.15) is 5.75 Å². The number of H-pyrrole nitrogens is 1. The third-order valence-electron chi connectivity index (χ3n) is 7.06. The van der Waals surface area contributed by atoms with Gasteiger partial charge in [-0.3, -0.25) is 9.89 Å². The van der Waals surface area contributed by atoms with E-state index in [4.69, 9.17) is 19.4 Å². The Morgan fingerprint density at radius 3 is 2.33 bits per heavy atom. The zero-order chi connectivity index (χ0) is 28.2. The van der Waals surface area contributed by atoms with Crippen LogP contribution in [0.3, 0.4) is 0 Å². The van der Waals surface area contributed by atoms with Crippen molar-refractivity contribution in [2.24, 2.45) is 0 Å². The van der Waals surface area contributed by atoms with Crippen LogP contribution in [0.4, 0.5) is 13.2 Å². The molecule has 0 spiro atoms. The van der Waals surface area contributed by atoms with Crippen LogP contribution in [-0.2, 0) is 39.2 Å². The average Bonchev–Trinajstić information content (AvgIpc) is 3.67. The van der Waals surface area contributed by atoms with Crippen molar-refractivity contribution in [1.29, 1.82) is 0 Å². The molecule has 0 unspecified atom stereocenters. The number of hydrogen-bond acceptors (Lipinski definition) is 5. The lowest BCUT2D eigenvalue weighted by Gasteiger charge is -2.26. The topological polar surface area (TPSA) is 105 Å². The number of aliphatic carboxylic acids is 1. The van der Waals surface area contributed by atoms with Crippen LogP contribution < -0.4 is 4.74 Å². The van der Waals surface area contributed by atoms with Gasteiger partial charge in [-0.2, -0.15) is 18.3 Å². The number of carboxylic acid groups (broad SMARTS) is 1. The van der Waals surface area contributed by atoms with Crippen LogP contribution in [0.15, 0.2) is 48.5 Å². The number of nitrogens with one attached hydrogen (secondary N) is 1. The number of methoxy groups -OCH3 is 2. The molecule has 2 aliphatic rings. The number of hydrogen-bond donors (Lipinski definition) is 2. The lowest BCUT2D eigenvalue weighted by atomic mass is 9.94. The molecule has 1 fully saturated rings. The number of halogens is 3. The molecular weight excluding hydrogens is 515 g/mol. The van der Waals surface area contributed by atoms with Crippen LogP contribution in [0.5, 0.6) is 5.75 Å². The third kappa shape index (κ3) is 6.25. The van der Waals surface area contributed by atoms with Gasteiger partial charge < -0.3 is 19.5 Å². The second-order valence-corrected chi connectivity index (χ2v) is 9.57. The molecule has 0 bridgehead atoms. The zero-order valence-electron chi connectivity index (χ0n) is 21.7. The monoisotopic (exact) mass is 545 g/mol. The number of carbonyl (C=O) groups excluding carboxylic acids is 1. The lowest BCUT2D eigenvalue weighted by Crippen LogP contribution is -2.40. The first-order chi connectivity index (χ1) is 18.6. The minimum Gasteiger partial charge on any atom is -0.497 e. The minimum absolute atomic E-state index is 0.254. The summed E-state index contributed by atoms with van der Waals surface area (Å²) >= 11 is 0. The van der Waals surface area contributed by atoms with Gasteiger partial charge in [-0.15, -0.1) is 0 Å². The molecule has 1 aliphatic heterocycles. The summed E-state index contributed by atoms with van der Waals surface area (Å²) < 4.78 is 42.3. The number of carboxylic acids is 1. The number of alkyl halides is 3. The molecule has 1 aliphatic carbocycles. The molecule has 3 aromatic rings. The van der Waals surface area contributed by atoms with Gasteiger partial charge in [0.15, 0.2) is 0 Å². The number of fused-ring (bicyclic) bond motifs is 1. The molecule has 2 heterocycles. The molecular formula is C28H30F3N3O5. The first kappa shape index (κ1) is 28.2. The highest BCUT2D eigenvalue weighted by Gasteiger charge is 2.53. The molecule has 1 amide bonds. The fourth-order valence-corrected chi connectivity index (χ4v) is 4.86. The largest absolute Gasteiger partial charge is 0.497 e. The smallest absolute Gasteiger partial charge is 0.490 e. The molecule has 208 valence electrons. The van der Waals surface area contributed by atoms with Gasteiger partial charge >= 0.3 is 12.1 Å². The number of ether oxygens (including phenoxy) is 2. The average molecular weight is 546 g/mol. The van der Waals surface area contributed by atoms with Crippen molar-refractivity contribution in [2.75, 3.05) is 27.3 Å². The molecule has 0 atom stereocenters. The Kier molecular flexibility index (Phi) is 8.29. The summed E-state index contributed by atoms with van der Waals surface area (Å²) in [5.74, 6) is -1.68. The van der Waals surface area contributed by atoms with E-state index >= 15 is 0 Å². The summed E-state index contributed by atoms with van der Waals surface area (Å²) in [5.41, 5.74) is 6.31. The predicted molar refractivity (Wildman–Crippen MR) is 136 cm³/mol. The highest BCUT2D eigenvalue weighted by molar-refractivity contribution is 5.91. The van der Waals surface area contributed by atoms with E-state index in [1.807, 2.05) is 30.3 Å². The minimum atomic E-state index is -5.08. The predicted octanol–water partition coefficient (Wildman–Crippen LogP) is 4.52. The quantitative estimate of drug-likeness (QED) is 0.472. The van der Waals surface area contributed by atoms with E-state index in [2.05, 4.69) is 33.3 Å². The maximum Gasteiger partial charge on any atom is 0.490 e. The van der Waals surface area contributed by atoms with E-state index < -0.39 is 12.1 Å². The SMILES string of the molecule is COCc1cccc(-c2n[nH]c3c2CCN(C(=O)C2(c4ccc(OC)cc4)CC2)CC3)c1.O=C(O)C(F)(F)F. The van der Waals surface area contributed by atoms with Crippen molar-refractivity contribution in [3.05, 3.63) is 70.9 Å². The molecule has 0 radical (unpaired) electrons. The van der Waals surface area contributed by atoms with E-state index in [0.29, 0.717) is 13.2 Å². The standard InChI is InChI=1S/C26H29N3O3.C2HF3O2/c1-31-17-18-4-3-5-19(16-18)24-22-10-14-29(15-11-23(22)27-28-24)25(30)26(12-13-26)20-6-8-21(32-2)9-7-20;3-2(4,5)1(6)7/h3-9,16H,10-15,17H2,1-2H3,(H,27,28);(H,6,7). The van der Waals surface area contributed by atoms with E-state index in [1.165, 1.54) is 5.56 Å². The highest BCUT2D eigenvalue weighted by atomic mass is 19.4. The van der Waals surface area contributed by atoms with Crippen molar-refractivity contribution in [2.45, 2.75) is 43.9 Å². The summed E-state index contributed by atoms with van der Waals surface area (Å²) in [7, 11) is 3.37. The van der Waals surface area contributed by atoms with Crippen LogP contribution >= 0.6 is 0 Å². The normalized spacial score (nSPS) is 15.9. The van der Waals surface area contributed by atoms with Gasteiger partial charge in [0.2, 0.25) is 5.91 Å². The third-order valence-corrected chi connectivity index (χ3v) is 7.06. The second-order valence-electron chi connectivity index (χ2n) is 9.57. The first-order valence-electron chi connectivity index (χ1n) is 12.5. The number of carbonyl (C=O) groups is 2. The Morgan fingerprint density at radius 2 is 1.74 bits per heavy atom. The molecule has 8 nitrogen and oxygen atoms in total. The number of aromatic amines is 1. The van der Waals surface area contributed by atoms with Gasteiger partial charge in [-0.05, 0) is 48.6 Å². The molecule has 5 rings (SSSR count). The van der Waals surface area contributed by atoms with Crippen LogP contribution in [0.25, 0.3) is 11.3 Å². The van der Waals surface area contributed by atoms with Gasteiger partial charge in [0.05, 0.1) is 24.8 Å². The summed E-state index contributed by atoms with van der Waals surface area (Å²) in [4.78, 5) is 24.5. The fraction of sp³-hybridized carbons (Fsp3) is 0.393. The lowest BCUT2D eigenvalue weighted by molar-refractivity contribution is -0.192. The maximum absolute atomic E-state index is 13.6. The molecule has 0 saturated heterocycles. The number of aromatic nitrogens is 2. The number of benzene rings is 2. The second kappa shape index (κ2) is 11.5. The molecule has 1 aromatic heterocycles. The van der Waals surface area contributed by atoms with Crippen molar-refractivity contribution < 1.29 is 37.3 Å². The van der Waals surface area contributed by atoms with Gasteiger partial charge in [-0.25, -0.2) is 4.79 Å². The summed E-state index contributed by atoms with van der Waals surface area (Å²) in [6, 6.07) is 16.3. The highest BCUT2D eigenvalue weighted by Crippen LogP contribution is 2.50. The van der Waals surface area contributed by atoms with Gasteiger partial charge in [0, 0.05) is 43.4 Å². The Labute approximate surface area is 223 Å². The van der Waals surface area contributed by atoms with E-state index in [0.717, 1.165) is 66.1 Å². The molecule has 2 aromatic carbocycles. The Hall–Kier alpha value is -3.86. The van der Waals surface area contributed by atoms with E-state index in [-0.39, 0.29) is 11.3 Å². The Bertz CT molecular complexity index is 1320. The van der Waals surface area contributed by atoms with Gasteiger partial charge in [-0.1, -0.05) is 30.3 Å². The van der Waals surface area contributed by atoms with Crippen LogP contribution in [0, 0.1) is 0 Å². The molecule has 39 heavy (non-hydrogen) atoms. The number of amides is 1. The maximum atomic E-state index is 13.6. The van der Waals surface area contributed by atoms with E-state index in [1.54, 1.807) is 14.2 Å². The molecule has 2 N–H and O–H groups in total. The van der Waals surface area contributed by atoms with Crippen LogP contribution in [-0.4, -0.2) is 65.6 Å². The first-order valence-corrected chi connectivity index (χ1v) is 12.5. The van der Waals surface area contributed by atoms with Crippen molar-refractivity contribution in [3.63, 3.8) is 0 Å².